The van der Waals surface area contributed by atoms with Crippen LogP contribution < -0.4 is 0 Å². The summed E-state index contributed by atoms with van der Waals surface area (Å²) in [5.41, 5.74) is 0. The van der Waals surface area contributed by atoms with Crippen molar-refractivity contribution in [2.24, 2.45) is 0 Å². The monoisotopic (exact) mass is 161 g/mol. The second kappa shape index (κ2) is 5.09. The lowest BCUT2D eigenvalue weighted by Crippen LogP contribution is -2.34. The number of nitrogens with zero attached hydrogens (tertiary/aromatic N) is 1. The van der Waals surface area contributed by atoms with Crippen LogP contribution in [0, 0.1) is 0 Å². The van der Waals surface area contributed by atoms with E-state index in [-0.39, 0.29) is 25.2 Å². The standard InChI is InChI=1S/C7H15NO3/c1-6(8(2)3)7(10)11-5-4-9/h6,9H,4-5H2,1-3H3/t6-/m0/s1. The molecule has 0 aliphatic heterocycles. The molecule has 0 aromatic rings. The maximum Gasteiger partial charge on any atom is 0.323 e. The van der Waals surface area contributed by atoms with Crippen molar-refractivity contribution in [1.82, 2.24) is 4.90 Å². The number of rotatable bonds is 4. The van der Waals surface area contributed by atoms with Crippen LogP contribution in [0.15, 0.2) is 0 Å². The summed E-state index contributed by atoms with van der Waals surface area (Å²) < 4.78 is 4.68. The summed E-state index contributed by atoms with van der Waals surface area (Å²) in [6, 6.07) is -0.249. The molecule has 0 saturated heterocycles. The van der Waals surface area contributed by atoms with Crippen molar-refractivity contribution >= 4 is 5.97 Å². The van der Waals surface area contributed by atoms with Gasteiger partial charge in [-0.25, -0.2) is 0 Å². The molecule has 66 valence electrons. The number of esters is 1. The fourth-order valence-electron chi connectivity index (χ4n) is 0.478. The fourth-order valence-corrected chi connectivity index (χ4v) is 0.478. The Morgan fingerprint density at radius 1 is 1.64 bits per heavy atom. The molecule has 4 nitrogen and oxygen atoms in total. The molecule has 0 fully saturated rings. The average molecular weight is 161 g/mol. The van der Waals surface area contributed by atoms with Crippen molar-refractivity contribution in [2.75, 3.05) is 27.3 Å². The Hall–Kier alpha value is -0.610. The minimum absolute atomic E-state index is 0.0804. The van der Waals surface area contributed by atoms with Gasteiger partial charge in [0.1, 0.15) is 12.6 Å². The van der Waals surface area contributed by atoms with Crippen molar-refractivity contribution in [3.05, 3.63) is 0 Å². The van der Waals surface area contributed by atoms with Crippen LogP contribution in [0.25, 0.3) is 0 Å². The van der Waals surface area contributed by atoms with Gasteiger partial charge in [0, 0.05) is 0 Å². The quantitative estimate of drug-likeness (QED) is 0.563. The van der Waals surface area contributed by atoms with Gasteiger partial charge < -0.3 is 9.84 Å². The van der Waals surface area contributed by atoms with Gasteiger partial charge in [-0.15, -0.1) is 0 Å². The molecule has 0 amide bonds. The summed E-state index contributed by atoms with van der Waals surface area (Å²) in [6.07, 6.45) is 0. The van der Waals surface area contributed by atoms with E-state index < -0.39 is 0 Å². The second-order valence-corrected chi connectivity index (χ2v) is 2.53. The fraction of sp³-hybridized carbons (Fsp3) is 0.857. The average Bonchev–Trinajstić information content (AvgIpc) is 1.98. The second-order valence-electron chi connectivity index (χ2n) is 2.53. The van der Waals surface area contributed by atoms with E-state index in [0.717, 1.165) is 0 Å². The van der Waals surface area contributed by atoms with Gasteiger partial charge in [0.05, 0.1) is 6.61 Å². The van der Waals surface area contributed by atoms with E-state index in [0.29, 0.717) is 0 Å². The molecular formula is C7H15NO3. The van der Waals surface area contributed by atoms with Crippen LogP contribution in [0.4, 0.5) is 0 Å². The summed E-state index contributed by atoms with van der Waals surface area (Å²) in [5.74, 6) is -0.302. The third-order valence-electron chi connectivity index (χ3n) is 1.45. The molecule has 4 heteroatoms. The lowest BCUT2D eigenvalue weighted by Gasteiger charge is -2.17. The number of carbonyl (C=O) groups is 1. The predicted octanol–water partition coefficient (Wildman–Crippen LogP) is -0.528. The zero-order chi connectivity index (χ0) is 8.85. The Morgan fingerprint density at radius 2 is 2.18 bits per heavy atom. The lowest BCUT2D eigenvalue weighted by atomic mass is 10.3. The van der Waals surface area contributed by atoms with Crippen LogP contribution in [0.2, 0.25) is 0 Å². The highest BCUT2D eigenvalue weighted by Crippen LogP contribution is 1.94. The molecule has 0 heterocycles. The predicted molar refractivity (Wildman–Crippen MR) is 41.2 cm³/mol. The van der Waals surface area contributed by atoms with E-state index in [4.69, 9.17) is 5.11 Å². The summed E-state index contributed by atoms with van der Waals surface area (Å²) in [4.78, 5) is 12.7. The molecule has 1 atom stereocenters. The molecular weight excluding hydrogens is 146 g/mol. The number of hydrogen-bond donors (Lipinski definition) is 1. The number of aliphatic hydroxyl groups is 1. The van der Waals surface area contributed by atoms with Crippen molar-refractivity contribution in [3.63, 3.8) is 0 Å². The number of aliphatic hydroxyl groups excluding tert-OH is 1. The molecule has 0 radical (unpaired) electrons. The summed E-state index contributed by atoms with van der Waals surface area (Å²) in [6.45, 7) is 1.71. The van der Waals surface area contributed by atoms with Gasteiger partial charge in [-0.1, -0.05) is 0 Å². The number of ether oxygens (including phenoxy) is 1. The molecule has 0 bridgehead atoms. The lowest BCUT2D eigenvalue weighted by molar-refractivity contribution is -0.149. The van der Waals surface area contributed by atoms with Crippen LogP contribution in [0.1, 0.15) is 6.92 Å². The van der Waals surface area contributed by atoms with E-state index in [2.05, 4.69) is 4.74 Å². The molecule has 11 heavy (non-hydrogen) atoms. The Morgan fingerprint density at radius 3 is 2.55 bits per heavy atom. The van der Waals surface area contributed by atoms with E-state index in [1.165, 1.54) is 0 Å². The van der Waals surface area contributed by atoms with Gasteiger partial charge in [0.25, 0.3) is 0 Å². The molecule has 0 unspecified atom stereocenters. The zero-order valence-electron chi connectivity index (χ0n) is 7.20. The summed E-state index contributed by atoms with van der Waals surface area (Å²) in [7, 11) is 3.59. The maximum absolute atomic E-state index is 11.0. The molecule has 0 aromatic carbocycles. The topological polar surface area (TPSA) is 49.8 Å². The Kier molecular flexibility index (Phi) is 4.81. The van der Waals surface area contributed by atoms with Crippen molar-refractivity contribution in [1.29, 1.82) is 0 Å². The third-order valence-corrected chi connectivity index (χ3v) is 1.45. The van der Waals surface area contributed by atoms with E-state index >= 15 is 0 Å². The van der Waals surface area contributed by atoms with Crippen molar-refractivity contribution in [3.8, 4) is 0 Å². The first kappa shape index (κ1) is 10.4. The van der Waals surface area contributed by atoms with E-state index in [9.17, 15) is 4.79 Å². The molecule has 0 spiro atoms. The molecule has 0 aliphatic carbocycles. The normalized spacial score (nSPS) is 13.2. The SMILES string of the molecule is C[C@@H](C(=O)OCCO)N(C)C. The number of carbonyl (C=O) groups excluding carboxylic acids is 1. The molecule has 0 aliphatic rings. The third kappa shape index (κ3) is 3.95. The molecule has 1 N–H and O–H groups in total. The van der Waals surface area contributed by atoms with Gasteiger partial charge in [0.2, 0.25) is 0 Å². The van der Waals surface area contributed by atoms with Gasteiger partial charge in [0.15, 0.2) is 0 Å². The number of hydrogen-bond acceptors (Lipinski definition) is 4. The molecule has 0 aromatic heterocycles. The van der Waals surface area contributed by atoms with Gasteiger partial charge in [-0.3, -0.25) is 9.69 Å². The van der Waals surface area contributed by atoms with Crippen LogP contribution >= 0.6 is 0 Å². The van der Waals surface area contributed by atoms with Crippen LogP contribution in [0.3, 0.4) is 0 Å². The smallest absolute Gasteiger partial charge is 0.323 e. The minimum atomic E-state index is -0.302. The highest BCUT2D eigenvalue weighted by Gasteiger charge is 2.15. The first-order valence-electron chi connectivity index (χ1n) is 3.53. The largest absolute Gasteiger partial charge is 0.462 e. The minimum Gasteiger partial charge on any atom is -0.462 e. The van der Waals surface area contributed by atoms with Crippen LogP contribution in [-0.2, 0) is 9.53 Å². The van der Waals surface area contributed by atoms with Gasteiger partial charge in [-0.2, -0.15) is 0 Å². The van der Waals surface area contributed by atoms with Crippen LogP contribution in [-0.4, -0.2) is 49.3 Å². The van der Waals surface area contributed by atoms with Crippen molar-refractivity contribution < 1.29 is 14.6 Å². The van der Waals surface area contributed by atoms with E-state index in [1.54, 1.807) is 25.9 Å². The van der Waals surface area contributed by atoms with E-state index in [1.807, 2.05) is 0 Å². The number of likely N-dealkylation sites (N-methyl/N-ethyl adjacent to an activating group) is 1. The zero-order valence-corrected chi connectivity index (χ0v) is 7.20. The Balaban J connectivity index is 3.64. The van der Waals surface area contributed by atoms with Gasteiger partial charge >= 0.3 is 5.97 Å². The highest BCUT2D eigenvalue weighted by atomic mass is 16.5. The van der Waals surface area contributed by atoms with Gasteiger partial charge in [-0.05, 0) is 21.0 Å². The summed E-state index contributed by atoms with van der Waals surface area (Å²) >= 11 is 0. The highest BCUT2D eigenvalue weighted by molar-refractivity contribution is 5.75. The molecule has 0 saturated carbocycles. The van der Waals surface area contributed by atoms with Crippen molar-refractivity contribution in [2.45, 2.75) is 13.0 Å². The maximum atomic E-state index is 11.0. The Labute approximate surface area is 66.8 Å². The first-order valence-corrected chi connectivity index (χ1v) is 3.53. The van der Waals surface area contributed by atoms with Crippen LogP contribution in [0.5, 0.6) is 0 Å². The first-order chi connectivity index (χ1) is 5.09. The summed E-state index contributed by atoms with van der Waals surface area (Å²) in [5, 5.41) is 8.34. The Bertz CT molecular complexity index is 125. The molecule has 0 rings (SSSR count).